The number of likely N-dealkylation sites (tertiary alicyclic amines) is 1. The number of piperidine rings is 1. The Morgan fingerprint density at radius 2 is 2.30 bits per heavy atom. The first kappa shape index (κ1) is 14.2. The molecule has 0 aromatic heterocycles. The molecule has 1 aromatic carbocycles. The Morgan fingerprint density at radius 1 is 1.50 bits per heavy atom. The lowest BCUT2D eigenvalue weighted by Gasteiger charge is -2.30. The van der Waals surface area contributed by atoms with Gasteiger partial charge in [-0.05, 0) is 30.4 Å². The summed E-state index contributed by atoms with van der Waals surface area (Å²) in [7, 11) is 0. The highest BCUT2D eigenvalue weighted by Gasteiger charge is 2.18. The quantitative estimate of drug-likeness (QED) is 0.483. The Kier molecular flexibility index (Phi) is 4.50. The zero-order chi connectivity index (χ0) is 14.5. The molecule has 0 aliphatic carbocycles. The molecule has 0 unspecified atom stereocenters. The molecule has 20 heavy (non-hydrogen) atoms. The van der Waals surface area contributed by atoms with Crippen LogP contribution in [0.2, 0.25) is 0 Å². The fourth-order valence-corrected chi connectivity index (χ4v) is 2.40. The monoisotopic (exact) mass is 274 g/mol. The van der Waals surface area contributed by atoms with E-state index in [0.717, 1.165) is 19.5 Å². The van der Waals surface area contributed by atoms with E-state index < -0.39 is 4.92 Å². The van der Waals surface area contributed by atoms with Crippen LogP contribution in [0.5, 0.6) is 0 Å². The highest BCUT2D eigenvalue weighted by Crippen LogP contribution is 2.17. The van der Waals surface area contributed by atoms with E-state index >= 15 is 0 Å². The van der Waals surface area contributed by atoms with Crippen molar-refractivity contribution in [2.45, 2.75) is 19.8 Å². The first-order chi connectivity index (χ1) is 9.56. The summed E-state index contributed by atoms with van der Waals surface area (Å²) in [4.78, 5) is 24.1. The van der Waals surface area contributed by atoms with Crippen molar-refractivity contribution in [3.63, 3.8) is 0 Å². The minimum atomic E-state index is -0.439. The maximum Gasteiger partial charge on any atom is 0.270 e. The number of non-ortho nitro benzene ring substituents is 1. The van der Waals surface area contributed by atoms with E-state index in [1.807, 2.05) is 4.90 Å². The van der Waals surface area contributed by atoms with E-state index in [1.165, 1.54) is 24.6 Å². The predicted octanol–water partition coefficient (Wildman–Crippen LogP) is 2.87. The molecule has 1 heterocycles. The maximum atomic E-state index is 12.0. The standard InChI is InChI=1S/C15H18N2O3/c1-12-4-3-9-16(11-12)15(18)8-7-13-5-2-6-14(10-13)17(19)20/h2,5-8,10,12H,3-4,9,11H2,1H3/b8-7+/t12-/m0/s1. The SMILES string of the molecule is C[C@H]1CCCN(C(=O)/C=C/c2cccc([N+](=O)[O-])c2)C1. The number of hydrogen-bond donors (Lipinski definition) is 0. The normalized spacial score (nSPS) is 19.2. The van der Waals surface area contributed by atoms with Gasteiger partial charge in [-0.15, -0.1) is 0 Å². The van der Waals surface area contributed by atoms with Crippen molar-refractivity contribution in [2.24, 2.45) is 5.92 Å². The summed E-state index contributed by atoms with van der Waals surface area (Å²) >= 11 is 0. The number of nitro groups is 1. The lowest BCUT2D eigenvalue weighted by atomic mass is 10.0. The van der Waals surface area contributed by atoms with Gasteiger partial charge in [0.05, 0.1) is 4.92 Å². The second-order valence-corrected chi connectivity index (χ2v) is 5.22. The van der Waals surface area contributed by atoms with Gasteiger partial charge in [0.2, 0.25) is 5.91 Å². The Balaban J connectivity index is 2.03. The lowest BCUT2D eigenvalue weighted by Crippen LogP contribution is -2.38. The molecular formula is C15H18N2O3. The number of hydrogen-bond acceptors (Lipinski definition) is 3. The summed E-state index contributed by atoms with van der Waals surface area (Å²) in [5.74, 6) is 0.516. The number of amides is 1. The number of nitrogens with zero attached hydrogens (tertiary/aromatic N) is 2. The molecule has 1 atom stereocenters. The Bertz CT molecular complexity index is 540. The van der Waals surface area contributed by atoms with Crippen LogP contribution in [0.3, 0.4) is 0 Å². The van der Waals surface area contributed by atoms with Crippen LogP contribution in [0.1, 0.15) is 25.3 Å². The van der Waals surface area contributed by atoms with Gasteiger partial charge in [0.15, 0.2) is 0 Å². The molecule has 5 nitrogen and oxygen atoms in total. The average Bonchev–Trinajstić information content (AvgIpc) is 2.45. The molecular weight excluding hydrogens is 256 g/mol. The fraction of sp³-hybridized carbons (Fsp3) is 0.400. The molecule has 2 rings (SSSR count). The second-order valence-electron chi connectivity index (χ2n) is 5.22. The molecule has 1 aliphatic rings. The highest BCUT2D eigenvalue weighted by atomic mass is 16.6. The van der Waals surface area contributed by atoms with Crippen molar-refractivity contribution in [2.75, 3.05) is 13.1 Å². The summed E-state index contributed by atoms with van der Waals surface area (Å²) in [6, 6.07) is 6.26. The minimum Gasteiger partial charge on any atom is -0.339 e. The van der Waals surface area contributed by atoms with E-state index in [-0.39, 0.29) is 11.6 Å². The summed E-state index contributed by atoms with van der Waals surface area (Å²) in [6.07, 6.45) is 5.33. The third kappa shape index (κ3) is 3.66. The smallest absolute Gasteiger partial charge is 0.270 e. The molecule has 0 N–H and O–H groups in total. The first-order valence-corrected chi connectivity index (χ1v) is 6.77. The van der Waals surface area contributed by atoms with Crippen LogP contribution in [-0.2, 0) is 4.79 Å². The van der Waals surface area contributed by atoms with Crippen molar-refractivity contribution < 1.29 is 9.72 Å². The minimum absolute atomic E-state index is 0.0249. The Labute approximate surface area is 118 Å². The maximum absolute atomic E-state index is 12.0. The van der Waals surface area contributed by atoms with Gasteiger partial charge in [-0.25, -0.2) is 0 Å². The molecule has 0 bridgehead atoms. The van der Waals surface area contributed by atoms with Crippen molar-refractivity contribution >= 4 is 17.7 Å². The molecule has 0 radical (unpaired) electrons. The fourth-order valence-electron chi connectivity index (χ4n) is 2.40. The topological polar surface area (TPSA) is 63.5 Å². The third-order valence-corrected chi connectivity index (χ3v) is 3.47. The van der Waals surface area contributed by atoms with Gasteiger partial charge in [-0.2, -0.15) is 0 Å². The van der Waals surface area contributed by atoms with Crippen LogP contribution in [-0.4, -0.2) is 28.8 Å². The molecule has 1 saturated heterocycles. The Morgan fingerprint density at radius 3 is 3.00 bits per heavy atom. The lowest BCUT2D eigenvalue weighted by molar-refractivity contribution is -0.384. The number of carbonyl (C=O) groups is 1. The Hall–Kier alpha value is -2.17. The summed E-state index contributed by atoms with van der Waals surface area (Å²) in [6.45, 7) is 3.73. The number of benzene rings is 1. The van der Waals surface area contributed by atoms with E-state index in [9.17, 15) is 14.9 Å². The van der Waals surface area contributed by atoms with Crippen molar-refractivity contribution in [1.82, 2.24) is 4.90 Å². The zero-order valence-electron chi connectivity index (χ0n) is 11.5. The van der Waals surface area contributed by atoms with Gasteiger partial charge in [-0.3, -0.25) is 14.9 Å². The van der Waals surface area contributed by atoms with Gasteiger partial charge in [0, 0.05) is 31.3 Å². The molecule has 5 heteroatoms. The largest absolute Gasteiger partial charge is 0.339 e. The average molecular weight is 274 g/mol. The van der Waals surface area contributed by atoms with Crippen LogP contribution in [0, 0.1) is 16.0 Å². The van der Waals surface area contributed by atoms with Crippen LogP contribution in [0.25, 0.3) is 6.08 Å². The number of rotatable bonds is 3. The summed E-state index contributed by atoms with van der Waals surface area (Å²) in [5.41, 5.74) is 0.698. The van der Waals surface area contributed by atoms with Crippen molar-refractivity contribution in [1.29, 1.82) is 0 Å². The third-order valence-electron chi connectivity index (χ3n) is 3.47. The van der Waals surface area contributed by atoms with Crippen molar-refractivity contribution in [3.05, 3.63) is 46.0 Å². The molecule has 0 spiro atoms. The van der Waals surface area contributed by atoms with E-state index in [2.05, 4.69) is 6.92 Å². The van der Waals surface area contributed by atoms with Crippen molar-refractivity contribution in [3.8, 4) is 0 Å². The molecule has 0 saturated carbocycles. The summed E-state index contributed by atoms with van der Waals surface area (Å²) < 4.78 is 0. The van der Waals surface area contributed by atoms with Gasteiger partial charge in [0.25, 0.3) is 5.69 Å². The van der Waals surface area contributed by atoms with Crippen LogP contribution < -0.4 is 0 Å². The molecule has 1 amide bonds. The van der Waals surface area contributed by atoms with E-state index in [4.69, 9.17) is 0 Å². The number of nitro benzene ring substituents is 1. The van der Waals surface area contributed by atoms with Crippen LogP contribution in [0.4, 0.5) is 5.69 Å². The predicted molar refractivity (Wildman–Crippen MR) is 77.1 cm³/mol. The molecule has 1 aliphatic heterocycles. The zero-order valence-corrected chi connectivity index (χ0v) is 11.5. The molecule has 1 aromatic rings. The van der Waals surface area contributed by atoms with Gasteiger partial charge >= 0.3 is 0 Å². The second kappa shape index (κ2) is 6.32. The van der Waals surface area contributed by atoms with Gasteiger partial charge < -0.3 is 4.90 Å². The van der Waals surface area contributed by atoms with E-state index in [1.54, 1.807) is 18.2 Å². The van der Waals surface area contributed by atoms with Gasteiger partial charge in [-0.1, -0.05) is 19.1 Å². The van der Waals surface area contributed by atoms with Crippen LogP contribution >= 0.6 is 0 Å². The molecule has 1 fully saturated rings. The van der Waals surface area contributed by atoms with Crippen LogP contribution in [0.15, 0.2) is 30.3 Å². The summed E-state index contributed by atoms with van der Waals surface area (Å²) in [5, 5.41) is 10.7. The molecule has 106 valence electrons. The number of carbonyl (C=O) groups excluding carboxylic acids is 1. The highest BCUT2D eigenvalue weighted by molar-refractivity contribution is 5.91. The first-order valence-electron chi connectivity index (χ1n) is 6.77. The van der Waals surface area contributed by atoms with E-state index in [0.29, 0.717) is 11.5 Å². The van der Waals surface area contributed by atoms with Gasteiger partial charge in [0.1, 0.15) is 0 Å².